The number of aryl methyl sites for hydroxylation is 1. The molecule has 1 atom stereocenters. The maximum Gasteiger partial charge on any atom is 0.154 e. The molecule has 4 nitrogen and oxygen atoms in total. The third-order valence-corrected chi connectivity index (χ3v) is 5.82. The van der Waals surface area contributed by atoms with Gasteiger partial charge in [-0.05, 0) is 31.4 Å². The smallest absolute Gasteiger partial charge is 0.154 e. The average molecular weight is 284 g/mol. The van der Waals surface area contributed by atoms with Gasteiger partial charge in [-0.15, -0.1) is 0 Å². The molecular weight excluding hydrogens is 260 g/mol. The number of hydrogen-bond donors (Lipinski definition) is 2. The molecule has 19 heavy (non-hydrogen) atoms. The van der Waals surface area contributed by atoms with Crippen molar-refractivity contribution in [1.82, 2.24) is 5.43 Å². The van der Waals surface area contributed by atoms with Crippen LogP contribution in [0, 0.1) is 0 Å². The lowest BCUT2D eigenvalue weighted by Crippen LogP contribution is -2.47. The Kier molecular flexibility index (Phi) is 5.12. The fourth-order valence-electron chi connectivity index (χ4n) is 2.08. The van der Waals surface area contributed by atoms with Crippen LogP contribution >= 0.6 is 0 Å². The molecule has 3 N–H and O–H groups in total. The van der Waals surface area contributed by atoms with Crippen LogP contribution in [0.4, 0.5) is 0 Å². The highest BCUT2D eigenvalue weighted by Crippen LogP contribution is 2.31. The second kappa shape index (κ2) is 6.03. The molecule has 1 aromatic carbocycles. The first-order chi connectivity index (χ1) is 8.74. The summed E-state index contributed by atoms with van der Waals surface area (Å²) in [4.78, 5) is 0. The molecule has 1 unspecified atom stereocenters. The van der Waals surface area contributed by atoms with Crippen LogP contribution in [0.25, 0.3) is 0 Å². The molecule has 0 heterocycles. The zero-order valence-electron chi connectivity index (χ0n) is 12.1. The molecule has 0 aliphatic carbocycles. The fourth-order valence-corrected chi connectivity index (χ4v) is 2.71. The molecule has 0 bridgehead atoms. The van der Waals surface area contributed by atoms with Crippen LogP contribution in [-0.2, 0) is 16.3 Å². The number of nitrogens with two attached hydrogens (primary N) is 1. The van der Waals surface area contributed by atoms with Gasteiger partial charge in [-0.2, -0.15) is 0 Å². The van der Waals surface area contributed by atoms with Crippen LogP contribution in [0.2, 0.25) is 0 Å². The third-order valence-electron chi connectivity index (χ3n) is 3.67. The van der Waals surface area contributed by atoms with Crippen LogP contribution in [-0.4, -0.2) is 19.4 Å². The van der Waals surface area contributed by atoms with Gasteiger partial charge in [-0.3, -0.25) is 11.3 Å². The summed E-state index contributed by atoms with van der Waals surface area (Å²) < 4.78 is 22.8. The van der Waals surface area contributed by atoms with Crippen molar-refractivity contribution in [3.63, 3.8) is 0 Å². The normalized spacial score (nSPS) is 14.4. The molecule has 0 spiro atoms. The summed E-state index contributed by atoms with van der Waals surface area (Å²) in [6.45, 7) is 5.50. The maximum atomic E-state index is 11.9. The van der Waals surface area contributed by atoms with Crippen molar-refractivity contribution in [2.75, 3.05) is 6.26 Å². The number of benzene rings is 1. The first-order valence-corrected chi connectivity index (χ1v) is 8.37. The zero-order valence-corrected chi connectivity index (χ0v) is 12.9. The van der Waals surface area contributed by atoms with Crippen molar-refractivity contribution in [2.24, 2.45) is 5.84 Å². The van der Waals surface area contributed by atoms with Gasteiger partial charge in [0, 0.05) is 6.26 Å². The number of sulfone groups is 1. The minimum atomic E-state index is -3.22. The lowest BCUT2D eigenvalue weighted by atomic mass is 9.94. The summed E-state index contributed by atoms with van der Waals surface area (Å²) in [6, 6.07) is 7.52. The lowest BCUT2D eigenvalue weighted by molar-refractivity contribution is 0.427. The molecule has 0 amide bonds. The molecule has 108 valence electrons. The van der Waals surface area contributed by atoms with Crippen molar-refractivity contribution in [2.45, 2.75) is 44.4 Å². The van der Waals surface area contributed by atoms with E-state index in [1.165, 1.54) is 11.8 Å². The minimum Gasteiger partial charge on any atom is -0.271 e. The van der Waals surface area contributed by atoms with Crippen LogP contribution in [0.3, 0.4) is 0 Å². The number of hydrazine groups is 1. The Hall–Kier alpha value is -0.910. The largest absolute Gasteiger partial charge is 0.271 e. The van der Waals surface area contributed by atoms with Crippen LogP contribution in [0.5, 0.6) is 0 Å². The highest BCUT2D eigenvalue weighted by Gasteiger charge is 2.39. The van der Waals surface area contributed by atoms with E-state index in [4.69, 9.17) is 5.84 Å². The van der Waals surface area contributed by atoms with E-state index in [-0.39, 0.29) is 0 Å². The van der Waals surface area contributed by atoms with Gasteiger partial charge in [0.2, 0.25) is 0 Å². The van der Waals surface area contributed by atoms with Crippen molar-refractivity contribution in [1.29, 1.82) is 0 Å². The van der Waals surface area contributed by atoms with Crippen LogP contribution in [0.15, 0.2) is 24.3 Å². The zero-order chi connectivity index (χ0) is 14.7. The van der Waals surface area contributed by atoms with Gasteiger partial charge < -0.3 is 0 Å². The van der Waals surface area contributed by atoms with Gasteiger partial charge in [0.1, 0.15) is 0 Å². The summed E-state index contributed by atoms with van der Waals surface area (Å²) in [6.07, 6.45) is 3.35. The first-order valence-electron chi connectivity index (χ1n) is 6.48. The van der Waals surface area contributed by atoms with Gasteiger partial charge in [-0.1, -0.05) is 37.6 Å². The fraction of sp³-hybridized carbons (Fsp3) is 0.571. The summed E-state index contributed by atoms with van der Waals surface area (Å²) in [5, 5.41) is 0. The van der Waals surface area contributed by atoms with Crippen LogP contribution < -0.4 is 11.3 Å². The van der Waals surface area contributed by atoms with E-state index in [0.29, 0.717) is 0 Å². The Balaban J connectivity index is 3.10. The Labute approximate surface area is 116 Å². The molecule has 5 heteroatoms. The molecule has 0 saturated carbocycles. The van der Waals surface area contributed by atoms with Crippen molar-refractivity contribution in [3.8, 4) is 0 Å². The topological polar surface area (TPSA) is 72.2 Å². The Morgan fingerprint density at radius 2 is 1.79 bits per heavy atom. The Bertz CT molecular complexity index is 507. The number of nitrogens with one attached hydrogen (secondary N) is 1. The van der Waals surface area contributed by atoms with Crippen molar-refractivity contribution < 1.29 is 8.42 Å². The van der Waals surface area contributed by atoms with E-state index >= 15 is 0 Å². The summed E-state index contributed by atoms with van der Waals surface area (Å²) in [5.74, 6) is 5.57. The highest BCUT2D eigenvalue weighted by atomic mass is 32.2. The van der Waals surface area contributed by atoms with Gasteiger partial charge in [0.15, 0.2) is 9.84 Å². The SMILES string of the molecule is CCCc1ccc(C(NN)C(C)(C)S(C)(=O)=O)cc1. The molecular formula is C14H24N2O2S. The van der Waals surface area contributed by atoms with E-state index in [1.54, 1.807) is 13.8 Å². The average Bonchev–Trinajstić information content (AvgIpc) is 2.31. The minimum absolute atomic E-state index is 0.432. The molecule has 0 aliphatic rings. The van der Waals surface area contributed by atoms with Gasteiger partial charge in [0.05, 0.1) is 10.8 Å². The summed E-state index contributed by atoms with van der Waals surface area (Å²) in [5.41, 5.74) is 4.77. The van der Waals surface area contributed by atoms with Crippen LogP contribution in [0.1, 0.15) is 44.4 Å². The van der Waals surface area contributed by atoms with Crippen molar-refractivity contribution in [3.05, 3.63) is 35.4 Å². The van der Waals surface area contributed by atoms with E-state index in [1.807, 2.05) is 24.3 Å². The number of hydrogen-bond acceptors (Lipinski definition) is 4. The molecule has 0 saturated heterocycles. The molecule has 0 radical (unpaired) electrons. The van der Waals surface area contributed by atoms with Gasteiger partial charge >= 0.3 is 0 Å². The molecule has 0 aromatic heterocycles. The standard InChI is InChI=1S/C14H24N2O2S/c1-5-6-11-7-9-12(10-8-11)13(16-15)14(2,3)19(4,17)18/h7-10,13,16H,5-6,15H2,1-4H3. The second-order valence-corrected chi connectivity index (χ2v) is 8.06. The van der Waals surface area contributed by atoms with Gasteiger partial charge in [-0.25, -0.2) is 8.42 Å². The predicted molar refractivity (Wildman–Crippen MR) is 79.4 cm³/mol. The predicted octanol–water partition coefficient (Wildman–Crippen LogP) is 1.97. The van der Waals surface area contributed by atoms with E-state index in [9.17, 15) is 8.42 Å². The first kappa shape index (κ1) is 16.1. The molecule has 0 aliphatic heterocycles. The Morgan fingerprint density at radius 1 is 1.26 bits per heavy atom. The van der Waals surface area contributed by atoms with Crippen molar-refractivity contribution >= 4 is 9.84 Å². The third kappa shape index (κ3) is 3.55. The lowest BCUT2D eigenvalue weighted by Gasteiger charge is -2.32. The monoisotopic (exact) mass is 284 g/mol. The molecule has 1 rings (SSSR count). The van der Waals surface area contributed by atoms with Gasteiger partial charge in [0.25, 0.3) is 0 Å². The quantitative estimate of drug-likeness (QED) is 0.619. The van der Waals surface area contributed by atoms with E-state index in [0.717, 1.165) is 18.4 Å². The maximum absolute atomic E-state index is 11.9. The van der Waals surface area contributed by atoms with E-state index < -0.39 is 20.6 Å². The second-order valence-electron chi connectivity index (χ2n) is 5.47. The summed E-state index contributed by atoms with van der Waals surface area (Å²) >= 11 is 0. The number of rotatable bonds is 6. The highest BCUT2D eigenvalue weighted by molar-refractivity contribution is 7.92. The molecule has 0 fully saturated rings. The Morgan fingerprint density at radius 3 is 2.16 bits per heavy atom. The summed E-state index contributed by atoms with van der Waals surface area (Å²) in [7, 11) is -3.22. The molecule has 1 aromatic rings. The van der Waals surface area contributed by atoms with E-state index in [2.05, 4.69) is 12.3 Å².